The van der Waals surface area contributed by atoms with Crippen molar-refractivity contribution in [3.8, 4) is 0 Å². The van der Waals surface area contributed by atoms with E-state index < -0.39 is 0 Å². The summed E-state index contributed by atoms with van der Waals surface area (Å²) >= 11 is 0. The summed E-state index contributed by atoms with van der Waals surface area (Å²) in [5, 5.41) is 0. The fourth-order valence-electron chi connectivity index (χ4n) is 7.78. The van der Waals surface area contributed by atoms with Gasteiger partial charge in [-0.05, 0) is 103 Å². The van der Waals surface area contributed by atoms with Gasteiger partial charge in [0.1, 0.15) is 0 Å². The van der Waals surface area contributed by atoms with E-state index >= 15 is 0 Å². The molecule has 34 heavy (non-hydrogen) atoms. The van der Waals surface area contributed by atoms with Crippen molar-refractivity contribution in [2.24, 2.45) is 53.3 Å². The Bertz CT molecular complexity index is 565. The fraction of sp³-hybridized carbons (Fsp3) is 0.758. The van der Waals surface area contributed by atoms with Gasteiger partial charge in [-0.15, -0.1) is 0 Å². The molecule has 0 aromatic heterocycles. The van der Waals surface area contributed by atoms with Crippen molar-refractivity contribution in [3.63, 3.8) is 0 Å². The number of hydrogen-bond donors (Lipinski definition) is 0. The molecule has 196 valence electrons. The first kappa shape index (κ1) is 36.5. The maximum absolute atomic E-state index is 2.73. The molecule has 0 saturated heterocycles. The van der Waals surface area contributed by atoms with Gasteiger partial charge in [0.2, 0.25) is 0 Å². The van der Waals surface area contributed by atoms with Gasteiger partial charge in [0.15, 0.2) is 0 Å². The van der Waals surface area contributed by atoms with Crippen molar-refractivity contribution in [3.05, 3.63) is 53.0 Å². The normalized spacial score (nSPS) is 37.9. The molecule has 5 aliphatic rings. The summed E-state index contributed by atoms with van der Waals surface area (Å²) in [5.41, 5.74) is 3.48. The standard InChI is InChI=1S/C19H28.C10H20.4CH3.Hf/c1-2-5-14(6-3-1)11-17-9-10-18-12-15-7-4-8-16(15)13-19(17)18;1-6-7(2)9(4)10(5)8(6)3;;;;;/h12-14,17-19H,1-11H2;6-10H,1-5H3;4*1H3;/q;;4*-1;+4. The molecule has 0 radical (unpaired) electrons. The van der Waals surface area contributed by atoms with Crippen molar-refractivity contribution in [1.29, 1.82) is 0 Å². The summed E-state index contributed by atoms with van der Waals surface area (Å²) in [7, 11) is 0. The van der Waals surface area contributed by atoms with E-state index in [2.05, 4.69) is 46.8 Å². The molecule has 0 nitrogen and oxygen atoms in total. The number of rotatable bonds is 2. The summed E-state index contributed by atoms with van der Waals surface area (Å²) in [4.78, 5) is 0. The zero-order valence-corrected chi connectivity index (χ0v) is 28.2. The molecular formula is C33H60Hf. The molecule has 3 unspecified atom stereocenters. The van der Waals surface area contributed by atoms with Crippen LogP contribution < -0.4 is 0 Å². The molecule has 0 heterocycles. The third kappa shape index (κ3) is 7.92. The van der Waals surface area contributed by atoms with Gasteiger partial charge in [-0.2, -0.15) is 0 Å². The Morgan fingerprint density at radius 3 is 1.56 bits per heavy atom. The summed E-state index contributed by atoms with van der Waals surface area (Å²) in [6, 6.07) is 0. The van der Waals surface area contributed by atoms with Crippen LogP contribution >= 0.6 is 0 Å². The minimum absolute atomic E-state index is 0. The molecule has 0 bridgehead atoms. The minimum atomic E-state index is 0. The van der Waals surface area contributed by atoms with Crippen LogP contribution in [-0.2, 0) is 25.8 Å². The smallest absolute Gasteiger partial charge is 0.358 e. The number of fused-ring (bicyclic) bond motifs is 2. The monoisotopic (exact) mass is 636 g/mol. The van der Waals surface area contributed by atoms with E-state index in [4.69, 9.17) is 0 Å². The largest absolute Gasteiger partial charge is 4.00 e. The maximum atomic E-state index is 2.73. The average molecular weight is 635 g/mol. The van der Waals surface area contributed by atoms with Crippen molar-refractivity contribution in [2.75, 3.05) is 0 Å². The van der Waals surface area contributed by atoms with Gasteiger partial charge in [0.25, 0.3) is 0 Å². The van der Waals surface area contributed by atoms with Gasteiger partial charge in [-0.1, -0.05) is 78.9 Å². The van der Waals surface area contributed by atoms with E-state index in [1.54, 1.807) is 17.6 Å². The maximum Gasteiger partial charge on any atom is 4.00 e. The Balaban J connectivity index is 0. The van der Waals surface area contributed by atoms with Crippen LogP contribution in [0.5, 0.6) is 0 Å². The Morgan fingerprint density at radius 1 is 0.588 bits per heavy atom. The second-order valence-corrected chi connectivity index (χ2v) is 11.9. The summed E-state index contributed by atoms with van der Waals surface area (Å²) < 4.78 is 0. The Morgan fingerprint density at radius 2 is 1.06 bits per heavy atom. The molecule has 1 heteroatoms. The molecule has 5 rings (SSSR count). The SMILES string of the molecule is C1=C2CCCC2=CC2C1CCC2CC1CCCCC1.CC1C(C)C(C)C(C)C1C.[CH3-].[CH3-].[CH3-].[CH3-].[Hf+4]. The molecule has 0 aromatic carbocycles. The average Bonchev–Trinajstić information content (AvgIpc) is 3.40. The van der Waals surface area contributed by atoms with E-state index in [1.165, 1.54) is 64.2 Å². The van der Waals surface area contributed by atoms with Gasteiger partial charge in [0.05, 0.1) is 0 Å². The molecule has 4 fully saturated rings. The first-order chi connectivity index (χ1) is 14.0. The van der Waals surface area contributed by atoms with E-state index in [0.29, 0.717) is 0 Å². The van der Waals surface area contributed by atoms with Gasteiger partial charge in [0, 0.05) is 0 Å². The van der Waals surface area contributed by atoms with Gasteiger partial charge >= 0.3 is 25.8 Å². The predicted octanol–water partition coefficient (Wildman–Crippen LogP) is 10.6. The fourth-order valence-corrected chi connectivity index (χ4v) is 7.78. The Hall–Kier alpha value is 0.350. The van der Waals surface area contributed by atoms with Crippen LogP contribution in [-0.4, -0.2) is 0 Å². The minimum Gasteiger partial charge on any atom is -0.358 e. The van der Waals surface area contributed by atoms with Crippen molar-refractivity contribution in [1.82, 2.24) is 0 Å². The van der Waals surface area contributed by atoms with Crippen LogP contribution in [0.2, 0.25) is 0 Å². The van der Waals surface area contributed by atoms with Crippen LogP contribution in [0, 0.1) is 83.0 Å². The molecular weight excluding hydrogens is 575 g/mol. The summed E-state index contributed by atoms with van der Waals surface area (Å²) in [6.45, 7) is 12.0. The molecule has 0 N–H and O–H groups in total. The summed E-state index contributed by atoms with van der Waals surface area (Å²) in [5.74, 6) is 8.63. The molecule has 0 aromatic rings. The molecule has 5 aliphatic carbocycles. The number of hydrogen-bond acceptors (Lipinski definition) is 0. The molecule has 4 saturated carbocycles. The second kappa shape index (κ2) is 16.2. The molecule has 0 aliphatic heterocycles. The number of allylic oxidation sites excluding steroid dienone is 4. The zero-order chi connectivity index (χ0) is 20.5. The zero-order valence-electron chi connectivity index (χ0n) is 24.6. The van der Waals surface area contributed by atoms with Crippen molar-refractivity contribution >= 4 is 0 Å². The van der Waals surface area contributed by atoms with Crippen LogP contribution in [0.25, 0.3) is 0 Å². The van der Waals surface area contributed by atoms with Gasteiger partial charge < -0.3 is 29.7 Å². The first-order valence-corrected chi connectivity index (χ1v) is 13.4. The first-order valence-electron chi connectivity index (χ1n) is 13.4. The Kier molecular flexibility index (Phi) is 17.4. The van der Waals surface area contributed by atoms with Gasteiger partial charge in [-0.25, -0.2) is 0 Å². The van der Waals surface area contributed by atoms with Crippen LogP contribution in [0.3, 0.4) is 0 Å². The third-order valence-corrected chi connectivity index (χ3v) is 10.5. The topological polar surface area (TPSA) is 0 Å². The van der Waals surface area contributed by atoms with E-state index in [1.807, 2.05) is 0 Å². The predicted molar refractivity (Wildman–Crippen MR) is 152 cm³/mol. The molecule has 3 atom stereocenters. The van der Waals surface area contributed by atoms with Gasteiger partial charge in [-0.3, -0.25) is 0 Å². The molecule has 0 spiro atoms. The Labute approximate surface area is 236 Å². The van der Waals surface area contributed by atoms with Crippen molar-refractivity contribution in [2.45, 2.75) is 105 Å². The van der Waals surface area contributed by atoms with Crippen LogP contribution in [0.1, 0.15) is 105 Å². The van der Waals surface area contributed by atoms with E-state index in [9.17, 15) is 0 Å². The quantitative estimate of drug-likeness (QED) is 0.209. The third-order valence-electron chi connectivity index (χ3n) is 10.5. The summed E-state index contributed by atoms with van der Waals surface area (Å²) in [6.07, 6.45) is 21.7. The van der Waals surface area contributed by atoms with Crippen LogP contribution in [0.4, 0.5) is 0 Å². The van der Waals surface area contributed by atoms with E-state index in [0.717, 1.165) is 53.3 Å². The van der Waals surface area contributed by atoms with E-state index in [-0.39, 0.29) is 55.5 Å². The molecule has 0 amide bonds. The van der Waals surface area contributed by atoms with Crippen molar-refractivity contribution < 1.29 is 25.8 Å². The van der Waals surface area contributed by atoms with Crippen LogP contribution in [0.15, 0.2) is 23.3 Å². The second-order valence-electron chi connectivity index (χ2n) is 11.9.